The van der Waals surface area contributed by atoms with E-state index in [1.54, 1.807) is 18.2 Å². The molecule has 1 heterocycles. The summed E-state index contributed by atoms with van der Waals surface area (Å²) in [6.07, 6.45) is 3.40. The van der Waals surface area contributed by atoms with Crippen molar-refractivity contribution in [3.8, 4) is 0 Å². The number of hydrogen-bond donors (Lipinski definition) is 2. The Bertz CT molecular complexity index is 595. The second kappa shape index (κ2) is 9.25. The average Bonchev–Trinajstić information content (AvgIpc) is 2.55. The molecule has 5 nitrogen and oxygen atoms in total. The topological polar surface area (TPSA) is 69.6 Å². The Kier molecular flexibility index (Phi) is 7.34. The number of anilines is 1. The molecule has 1 aromatic carbocycles. The monoisotopic (exact) mass is 372 g/mol. The number of nitrogens with zero attached hydrogens (tertiary/aromatic N) is 1. The van der Waals surface area contributed by atoms with Crippen molar-refractivity contribution in [2.45, 2.75) is 32.1 Å². The number of benzene rings is 1. The molecular formula is C17H22Cl2N2O3. The Morgan fingerprint density at radius 3 is 2.83 bits per heavy atom. The van der Waals surface area contributed by atoms with Gasteiger partial charge in [-0.05, 0) is 49.9 Å². The molecule has 7 heteroatoms. The number of hydrogen-bond acceptors (Lipinski definition) is 3. The van der Waals surface area contributed by atoms with Crippen LogP contribution in [-0.2, 0) is 9.59 Å². The molecule has 1 saturated heterocycles. The normalized spacial score (nSPS) is 18.3. The van der Waals surface area contributed by atoms with Crippen molar-refractivity contribution in [3.63, 3.8) is 0 Å². The first-order valence-electron chi connectivity index (χ1n) is 8.13. The highest BCUT2D eigenvalue weighted by Gasteiger charge is 2.21. The fraction of sp³-hybridized carbons (Fsp3) is 0.529. The Hall–Kier alpha value is -1.30. The van der Waals surface area contributed by atoms with Crippen LogP contribution < -0.4 is 5.32 Å². The van der Waals surface area contributed by atoms with Gasteiger partial charge in [0, 0.05) is 31.0 Å². The van der Waals surface area contributed by atoms with Gasteiger partial charge in [0.1, 0.15) is 0 Å². The highest BCUT2D eigenvalue weighted by Crippen LogP contribution is 2.25. The van der Waals surface area contributed by atoms with Crippen LogP contribution in [0.2, 0.25) is 10.0 Å². The molecule has 1 aliphatic heterocycles. The largest absolute Gasteiger partial charge is 0.481 e. The van der Waals surface area contributed by atoms with E-state index in [1.807, 2.05) is 0 Å². The molecule has 2 rings (SSSR count). The molecule has 0 saturated carbocycles. The van der Waals surface area contributed by atoms with Crippen LogP contribution in [0.4, 0.5) is 5.69 Å². The number of nitrogens with one attached hydrogen (secondary N) is 1. The van der Waals surface area contributed by atoms with Crippen LogP contribution in [-0.4, -0.2) is 41.5 Å². The van der Waals surface area contributed by atoms with Crippen LogP contribution in [0.1, 0.15) is 32.1 Å². The van der Waals surface area contributed by atoms with E-state index in [1.165, 1.54) is 0 Å². The van der Waals surface area contributed by atoms with Gasteiger partial charge < -0.3 is 15.3 Å². The number of amides is 1. The second-order valence-electron chi connectivity index (χ2n) is 6.16. The van der Waals surface area contributed by atoms with Gasteiger partial charge in [-0.2, -0.15) is 0 Å². The molecule has 0 spiro atoms. The van der Waals surface area contributed by atoms with Gasteiger partial charge in [0.25, 0.3) is 0 Å². The van der Waals surface area contributed by atoms with Crippen LogP contribution >= 0.6 is 23.2 Å². The molecule has 0 radical (unpaired) electrons. The quantitative estimate of drug-likeness (QED) is 0.761. The molecule has 0 aromatic heterocycles. The summed E-state index contributed by atoms with van der Waals surface area (Å²) in [5, 5.41) is 12.5. The first-order valence-corrected chi connectivity index (χ1v) is 8.88. The van der Waals surface area contributed by atoms with Crippen LogP contribution in [0.15, 0.2) is 18.2 Å². The van der Waals surface area contributed by atoms with Gasteiger partial charge in [-0.1, -0.05) is 23.2 Å². The van der Waals surface area contributed by atoms with Gasteiger partial charge in [0.2, 0.25) is 5.91 Å². The zero-order valence-electron chi connectivity index (χ0n) is 13.4. The molecular weight excluding hydrogens is 351 g/mol. The molecule has 2 N–H and O–H groups in total. The maximum absolute atomic E-state index is 12.1. The number of likely N-dealkylation sites (tertiary alicyclic amines) is 1. The van der Waals surface area contributed by atoms with E-state index < -0.39 is 5.97 Å². The van der Waals surface area contributed by atoms with Gasteiger partial charge in [-0.25, -0.2) is 0 Å². The number of carbonyl (C=O) groups is 2. The third-order valence-electron chi connectivity index (χ3n) is 4.23. The number of piperidine rings is 1. The molecule has 132 valence electrons. The third-order valence-corrected chi connectivity index (χ3v) is 4.79. The van der Waals surface area contributed by atoms with E-state index in [9.17, 15) is 9.59 Å². The molecule has 1 amide bonds. The van der Waals surface area contributed by atoms with Crippen molar-refractivity contribution in [3.05, 3.63) is 28.2 Å². The summed E-state index contributed by atoms with van der Waals surface area (Å²) in [5.41, 5.74) is 0.521. The van der Waals surface area contributed by atoms with Crippen LogP contribution in [0, 0.1) is 5.92 Å². The number of halogens is 2. The van der Waals surface area contributed by atoms with Gasteiger partial charge in [0.05, 0.1) is 10.7 Å². The number of carbonyl (C=O) groups excluding carboxylic acids is 1. The highest BCUT2D eigenvalue weighted by atomic mass is 35.5. The smallest absolute Gasteiger partial charge is 0.303 e. The summed E-state index contributed by atoms with van der Waals surface area (Å²) >= 11 is 11.9. The summed E-state index contributed by atoms with van der Waals surface area (Å²) < 4.78 is 0. The lowest BCUT2D eigenvalue weighted by Crippen LogP contribution is -2.37. The number of carboxylic acid groups (broad SMARTS) is 1. The third kappa shape index (κ3) is 6.30. The van der Waals surface area contributed by atoms with Gasteiger partial charge >= 0.3 is 5.97 Å². The summed E-state index contributed by atoms with van der Waals surface area (Å²) in [4.78, 5) is 25.0. The van der Waals surface area contributed by atoms with Crippen molar-refractivity contribution in [2.24, 2.45) is 5.92 Å². The summed E-state index contributed by atoms with van der Waals surface area (Å²) in [5.74, 6) is -0.447. The fourth-order valence-electron chi connectivity index (χ4n) is 2.98. The van der Waals surface area contributed by atoms with E-state index in [4.69, 9.17) is 28.3 Å². The molecule has 1 aliphatic rings. The van der Waals surface area contributed by atoms with Crippen molar-refractivity contribution >= 4 is 40.8 Å². The molecule has 1 fully saturated rings. The lowest BCUT2D eigenvalue weighted by Gasteiger charge is -2.32. The standard InChI is InChI=1S/C17H22Cl2N2O3/c18-13-4-5-14(19)15(10-13)20-16(22)7-9-21-8-1-2-12(11-21)3-6-17(23)24/h4-5,10,12H,1-3,6-9,11H2,(H,20,22)(H,23,24). The van der Waals surface area contributed by atoms with Gasteiger partial charge in [-0.3, -0.25) is 9.59 Å². The van der Waals surface area contributed by atoms with Crippen molar-refractivity contribution in [1.29, 1.82) is 0 Å². The zero-order valence-corrected chi connectivity index (χ0v) is 14.9. The first kappa shape index (κ1) is 19.0. The Labute approximate surface area is 151 Å². The maximum Gasteiger partial charge on any atom is 0.303 e. The SMILES string of the molecule is O=C(O)CCC1CCCN(CCC(=O)Nc2cc(Cl)ccc2Cl)C1. The molecule has 1 aromatic rings. The van der Waals surface area contributed by atoms with E-state index in [0.717, 1.165) is 25.9 Å². The van der Waals surface area contributed by atoms with Crippen LogP contribution in [0.25, 0.3) is 0 Å². The summed E-state index contributed by atoms with van der Waals surface area (Å²) in [6, 6.07) is 4.95. The number of carboxylic acids is 1. The Balaban J connectivity index is 1.76. The van der Waals surface area contributed by atoms with Crippen molar-refractivity contribution < 1.29 is 14.7 Å². The van der Waals surface area contributed by atoms with Gasteiger partial charge in [0.15, 0.2) is 0 Å². The molecule has 0 aliphatic carbocycles. The lowest BCUT2D eigenvalue weighted by molar-refractivity contribution is -0.137. The summed E-state index contributed by atoms with van der Waals surface area (Å²) in [6.45, 7) is 2.47. The summed E-state index contributed by atoms with van der Waals surface area (Å²) in [7, 11) is 0. The zero-order chi connectivity index (χ0) is 17.5. The Morgan fingerprint density at radius 2 is 2.08 bits per heavy atom. The van der Waals surface area contributed by atoms with Crippen molar-refractivity contribution in [2.75, 3.05) is 25.0 Å². The molecule has 1 unspecified atom stereocenters. The molecule has 1 atom stereocenters. The van der Waals surface area contributed by atoms with E-state index in [2.05, 4.69) is 10.2 Å². The van der Waals surface area contributed by atoms with Crippen LogP contribution in [0.3, 0.4) is 0 Å². The number of rotatable bonds is 7. The van der Waals surface area contributed by atoms with E-state index >= 15 is 0 Å². The van der Waals surface area contributed by atoms with Crippen LogP contribution in [0.5, 0.6) is 0 Å². The first-order chi connectivity index (χ1) is 11.4. The predicted molar refractivity (Wildman–Crippen MR) is 95.7 cm³/mol. The van der Waals surface area contributed by atoms with E-state index in [0.29, 0.717) is 41.0 Å². The van der Waals surface area contributed by atoms with Gasteiger partial charge in [-0.15, -0.1) is 0 Å². The highest BCUT2D eigenvalue weighted by molar-refractivity contribution is 6.35. The Morgan fingerprint density at radius 1 is 1.29 bits per heavy atom. The predicted octanol–water partition coefficient (Wildman–Crippen LogP) is 3.90. The minimum absolute atomic E-state index is 0.105. The average molecular weight is 373 g/mol. The van der Waals surface area contributed by atoms with Crippen molar-refractivity contribution in [1.82, 2.24) is 4.90 Å². The molecule has 0 bridgehead atoms. The second-order valence-corrected chi connectivity index (χ2v) is 7.01. The molecule has 24 heavy (non-hydrogen) atoms. The van der Waals surface area contributed by atoms with E-state index in [-0.39, 0.29) is 12.3 Å². The minimum atomic E-state index is -0.745. The fourth-order valence-corrected chi connectivity index (χ4v) is 3.32. The lowest BCUT2D eigenvalue weighted by atomic mass is 9.93. The maximum atomic E-state index is 12.1. The minimum Gasteiger partial charge on any atom is -0.481 e. The number of aliphatic carboxylic acids is 1.